The van der Waals surface area contributed by atoms with E-state index in [9.17, 15) is 18.0 Å². The van der Waals surface area contributed by atoms with Crippen molar-refractivity contribution in [1.82, 2.24) is 14.5 Å². The van der Waals surface area contributed by atoms with Crippen molar-refractivity contribution in [2.45, 2.75) is 24.8 Å². The molecule has 4 rings (SSSR count). The monoisotopic (exact) mass is 494 g/mol. The van der Waals surface area contributed by atoms with E-state index in [4.69, 9.17) is 0 Å². The Kier molecular flexibility index (Phi) is 7.80. The quantitative estimate of drug-likeness (QED) is 0.502. The maximum Gasteiger partial charge on any atom is 0.240 e. The zero-order valence-corrected chi connectivity index (χ0v) is 20.6. The number of carbonyl (C=O) groups excluding carboxylic acids is 2. The van der Waals surface area contributed by atoms with Crippen molar-refractivity contribution in [3.63, 3.8) is 0 Å². The van der Waals surface area contributed by atoms with Gasteiger partial charge in [0.25, 0.3) is 0 Å². The Labute approximate surface area is 206 Å². The van der Waals surface area contributed by atoms with Gasteiger partial charge in [-0.15, -0.1) is 0 Å². The summed E-state index contributed by atoms with van der Waals surface area (Å²) in [7, 11) is -3.73. The lowest BCUT2D eigenvalue weighted by Gasteiger charge is -2.35. The van der Waals surface area contributed by atoms with Gasteiger partial charge in [-0.2, -0.15) is 0 Å². The second-order valence-electron chi connectivity index (χ2n) is 8.65. The molecule has 0 bridgehead atoms. The molecule has 0 aromatic heterocycles. The maximum absolute atomic E-state index is 12.6. The summed E-state index contributed by atoms with van der Waals surface area (Å²) in [6, 6.07) is 20.6. The summed E-state index contributed by atoms with van der Waals surface area (Å²) in [6.45, 7) is 5.06. The summed E-state index contributed by atoms with van der Waals surface area (Å²) in [5.41, 5.74) is 1.80. The van der Waals surface area contributed by atoms with Crippen LogP contribution in [0.5, 0.6) is 0 Å². The number of hydrogen-bond acceptors (Lipinski definition) is 5. The number of amides is 2. The molecule has 1 saturated heterocycles. The molecular weight excluding hydrogens is 464 g/mol. The van der Waals surface area contributed by atoms with Crippen molar-refractivity contribution in [1.29, 1.82) is 0 Å². The van der Waals surface area contributed by atoms with Gasteiger partial charge < -0.3 is 10.2 Å². The maximum atomic E-state index is 12.6. The fourth-order valence-corrected chi connectivity index (χ4v) is 5.31. The second kappa shape index (κ2) is 11.0. The van der Waals surface area contributed by atoms with Crippen LogP contribution in [0.25, 0.3) is 10.8 Å². The number of anilines is 1. The van der Waals surface area contributed by atoms with E-state index in [2.05, 4.69) is 51.3 Å². The molecule has 1 heterocycles. The zero-order chi connectivity index (χ0) is 24.8. The molecule has 2 N–H and O–H groups in total. The number of benzene rings is 3. The van der Waals surface area contributed by atoms with Crippen LogP contribution < -0.4 is 10.0 Å². The summed E-state index contributed by atoms with van der Waals surface area (Å²) < 4.78 is 27.5. The Morgan fingerprint density at radius 2 is 1.57 bits per heavy atom. The summed E-state index contributed by atoms with van der Waals surface area (Å²) in [4.78, 5) is 28.0. The van der Waals surface area contributed by atoms with E-state index in [1.165, 1.54) is 47.5 Å². The van der Waals surface area contributed by atoms with E-state index >= 15 is 0 Å². The molecule has 0 aliphatic carbocycles. The normalized spacial score (nSPS) is 14.7. The van der Waals surface area contributed by atoms with E-state index in [0.717, 1.165) is 19.6 Å². The molecule has 8 nitrogen and oxygen atoms in total. The van der Waals surface area contributed by atoms with Crippen molar-refractivity contribution < 1.29 is 18.0 Å². The van der Waals surface area contributed by atoms with E-state index in [1.54, 1.807) is 4.90 Å². The van der Waals surface area contributed by atoms with Crippen molar-refractivity contribution >= 4 is 38.3 Å². The number of rotatable bonds is 8. The van der Waals surface area contributed by atoms with Crippen LogP contribution in [-0.2, 0) is 26.2 Å². The lowest BCUT2D eigenvalue weighted by atomic mass is 10.0. The first kappa shape index (κ1) is 24.8. The van der Waals surface area contributed by atoms with Gasteiger partial charge in [-0.05, 0) is 40.6 Å². The van der Waals surface area contributed by atoms with Crippen LogP contribution in [0, 0.1) is 0 Å². The zero-order valence-electron chi connectivity index (χ0n) is 19.7. The van der Waals surface area contributed by atoms with Gasteiger partial charge in [0.05, 0.1) is 4.90 Å². The molecule has 0 spiro atoms. The van der Waals surface area contributed by atoms with Crippen LogP contribution in [0.4, 0.5) is 5.69 Å². The molecule has 184 valence electrons. The topological polar surface area (TPSA) is 98.8 Å². The Morgan fingerprint density at radius 3 is 2.29 bits per heavy atom. The molecule has 1 fully saturated rings. The summed E-state index contributed by atoms with van der Waals surface area (Å²) in [5, 5.41) is 5.08. The molecule has 3 aromatic carbocycles. The highest BCUT2D eigenvalue weighted by molar-refractivity contribution is 7.89. The first-order valence-corrected chi connectivity index (χ1v) is 13.1. The molecule has 0 radical (unpaired) electrons. The predicted octanol–water partition coefficient (Wildman–Crippen LogP) is 2.81. The summed E-state index contributed by atoms with van der Waals surface area (Å²) in [6.07, 6.45) is 0.104. The predicted molar refractivity (Wildman–Crippen MR) is 136 cm³/mol. The molecule has 0 saturated carbocycles. The number of nitrogens with one attached hydrogen (secondary N) is 2. The van der Waals surface area contributed by atoms with Gasteiger partial charge in [0.15, 0.2) is 0 Å². The number of carbonyl (C=O) groups is 2. The first-order chi connectivity index (χ1) is 16.8. The average molecular weight is 495 g/mol. The minimum Gasteiger partial charge on any atom is -0.340 e. The Bertz CT molecular complexity index is 1300. The van der Waals surface area contributed by atoms with Gasteiger partial charge in [-0.3, -0.25) is 14.5 Å². The molecule has 2 amide bonds. The fraction of sp³-hybridized carbons (Fsp3) is 0.308. The summed E-state index contributed by atoms with van der Waals surface area (Å²) >= 11 is 0. The number of hydrogen-bond donors (Lipinski definition) is 2. The van der Waals surface area contributed by atoms with E-state index in [-0.39, 0.29) is 29.7 Å². The highest BCUT2D eigenvalue weighted by Gasteiger charge is 2.22. The minimum atomic E-state index is -3.73. The molecule has 9 heteroatoms. The molecule has 1 aliphatic heterocycles. The molecule has 3 aromatic rings. The Morgan fingerprint density at radius 1 is 0.886 bits per heavy atom. The second-order valence-corrected chi connectivity index (χ2v) is 10.4. The fourth-order valence-electron chi connectivity index (χ4n) is 4.28. The molecule has 1 aliphatic rings. The van der Waals surface area contributed by atoms with Crippen molar-refractivity contribution in [2.75, 3.05) is 38.0 Å². The minimum absolute atomic E-state index is 0.0326. The number of sulfonamides is 1. The van der Waals surface area contributed by atoms with Crippen molar-refractivity contribution in [3.05, 3.63) is 72.3 Å². The first-order valence-electron chi connectivity index (χ1n) is 11.7. The average Bonchev–Trinajstić information content (AvgIpc) is 2.84. The number of nitrogens with zero attached hydrogens (tertiary/aromatic N) is 2. The van der Waals surface area contributed by atoms with Crippen LogP contribution in [0.3, 0.4) is 0 Å². The van der Waals surface area contributed by atoms with Crippen molar-refractivity contribution in [3.8, 4) is 0 Å². The largest absolute Gasteiger partial charge is 0.340 e. The van der Waals surface area contributed by atoms with Crippen molar-refractivity contribution in [2.24, 2.45) is 0 Å². The van der Waals surface area contributed by atoms with E-state index < -0.39 is 10.0 Å². The van der Waals surface area contributed by atoms with Crippen LogP contribution in [0.2, 0.25) is 0 Å². The van der Waals surface area contributed by atoms with Gasteiger partial charge in [0, 0.05) is 58.3 Å². The van der Waals surface area contributed by atoms with Gasteiger partial charge in [-0.25, -0.2) is 13.1 Å². The van der Waals surface area contributed by atoms with Gasteiger partial charge >= 0.3 is 0 Å². The third-order valence-corrected chi connectivity index (χ3v) is 7.59. The summed E-state index contributed by atoms with van der Waals surface area (Å²) in [5.74, 6) is -0.287. The highest BCUT2D eigenvalue weighted by Crippen LogP contribution is 2.21. The smallest absolute Gasteiger partial charge is 0.240 e. The van der Waals surface area contributed by atoms with Gasteiger partial charge in [-0.1, -0.05) is 42.5 Å². The number of piperazine rings is 1. The van der Waals surface area contributed by atoms with E-state index in [0.29, 0.717) is 18.8 Å². The van der Waals surface area contributed by atoms with Crippen LogP contribution in [0.15, 0.2) is 71.6 Å². The van der Waals surface area contributed by atoms with E-state index in [1.807, 2.05) is 6.07 Å². The Balaban J connectivity index is 1.23. The number of fused-ring (bicyclic) bond motifs is 1. The molecule has 0 unspecified atom stereocenters. The van der Waals surface area contributed by atoms with Crippen LogP contribution >= 0.6 is 0 Å². The SMILES string of the molecule is CC(=O)Nc1ccc(S(=O)(=O)NCCC(=O)N2CCN(Cc3cccc4ccccc34)CC2)cc1. The lowest BCUT2D eigenvalue weighted by Crippen LogP contribution is -2.48. The molecule has 0 atom stereocenters. The highest BCUT2D eigenvalue weighted by atomic mass is 32.2. The van der Waals surface area contributed by atoms with Gasteiger partial charge in [0.2, 0.25) is 21.8 Å². The van der Waals surface area contributed by atoms with Crippen LogP contribution in [0.1, 0.15) is 18.9 Å². The molecular formula is C26H30N4O4S. The third-order valence-electron chi connectivity index (χ3n) is 6.11. The Hall–Kier alpha value is -3.27. The standard InChI is InChI=1S/C26H30N4O4S/c1-20(31)28-23-9-11-24(12-10-23)35(33,34)27-14-13-26(32)30-17-15-29(16-18-30)19-22-7-4-6-21-5-2-3-8-25(21)22/h2-12,27H,13-19H2,1H3,(H,28,31). The molecule has 35 heavy (non-hydrogen) atoms. The third kappa shape index (κ3) is 6.45. The van der Waals surface area contributed by atoms with Gasteiger partial charge in [0.1, 0.15) is 0 Å². The lowest BCUT2D eigenvalue weighted by molar-refractivity contribution is -0.132. The van der Waals surface area contributed by atoms with Crippen LogP contribution in [-0.4, -0.2) is 62.8 Å².